The van der Waals surface area contributed by atoms with Crippen molar-refractivity contribution in [3.05, 3.63) is 69.7 Å². The number of rotatable bonds is 4. The summed E-state index contributed by atoms with van der Waals surface area (Å²) in [6.07, 6.45) is 4.66. The molecule has 0 radical (unpaired) electrons. The Bertz CT molecular complexity index is 830. The predicted octanol–water partition coefficient (Wildman–Crippen LogP) is 4.18. The largest absolute Gasteiger partial charge is 0.348 e. The van der Waals surface area contributed by atoms with E-state index in [1.165, 1.54) is 0 Å². The summed E-state index contributed by atoms with van der Waals surface area (Å²) >= 11 is 12.2. The lowest BCUT2D eigenvalue weighted by Gasteiger charge is -2.03. The van der Waals surface area contributed by atoms with Gasteiger partial charge in [0.25, 0.3) is 0 Å². The Morgan fingerprint density at radius 3 is 2.86 bits per heavy atom. The molecule has 2 aromatic heterocycles. The lowest BCUT2D eigenvalue weighted by atomic mass is 10.1. The highest BCUT2D eigenvalue weighted by molar-refractivity contribution is 6.42. The van der Waals surface area contributed by atoms with E-state index in [-0.39, 0.29) is 0 Å². The van der Waals surface area contributed by atoms with E-state index in [0.717, 1.165) is 17.7 Å². The first-order valence-corrected chi connectivity index (χ1v) is 7.32. The molecule has 0 saturated carbocycles. The summed E-state index contributed by atoms with van der Waals surface area (Å²) in [5.41, 5.74) is 2.78. The number of imidazole rings is 1. The van der Waals surface area contributed by atoms with Gasteiger partial charge in [0.1, 0.15) is 17.8 Å². The summed E-state index contributed by atoms with van der Waals surface area (Å²) in [5.74, 6) is 0.748. The van der Waals surface area contributed by atoms with Crippen LogP contribution in [-0.2, 0) is 6.42 Å². The van der Waals surface area contributed by atoms with Gasteiger partial charge < -0.3 is 4.98 Å². The van der Waals surface area contributed by atoms with Crippen LogP contribution in [0.5, 0.6) is 0 Å². The number of benzene rings is 1. The van der Waals surface area contributed by atoms with E-state index in [4.69, 9.17) is 23.2 Å². The average molecular weight is 332 g/mol. The number of nitrogens with zero attached hydrogens (tertiary/aromatic N) is 2. The van der Waals surface area contributed by atoms with Gasteiger partial charge in [0.15, 0.2) is 0 Å². The molecule has 4 nitrogen and oxygen atoms in total. The van der Waals surface area contributed by atoms with Crippen LogP contribution in [0.4, 0.5) is 0 Å². The van der Waals surface area contributed by atoms with Crippen molar-refractivity contribution in [3.63, 3.8) is 0 Å². The van der Waals surface area contributed by atoms with E-state index >= 15 is 0 Å². The molecule has 110 valence electrons. The van der Waals surface area contributed by atoms with Gasteiger partial charge in [-0.1, -0.05) is 35.3 Å². The van der Waals surface area contributed by atoms with Crippen LogP contribution in [0.25, 0.3) is 11.4 Å². The van der Waals surface area contributed by atoms with Crippen molar-refractivity contribution in [2.45, 2.75) is 6.42 Å². The zero-order valence-electron chi connectivity index (χ0n) is 11.4. The van der Waals surface area contributed by atoms with Gasteiger partial charge in [-0.15, -0.1) is 0 Å². The molecular weight excluding hydrogens is 321 g/mol. The third-order valence-electron chi connectivity index (χ3n) is 3.20. The van der Waals surface area contributed by atoms with Crippen molar-refractivity contribution in [1.82, 2.24) is 15.0 Å². The van der Waals surface area contributed by atoms with Crippen molar-refractivity contribution in [3.8, 4) is 11.4 Å². The van der Waals surface area contributed by atoms with Crippen LogP contribution in [0.1, 0.15) is 21.7 Å². The topological polar surface area (TPSA) is 58.6 Å². The normalized spacial score (nSPS) is 10.6. The number of H-pyrrole nitrogens is 1. The number of aromatic amines is 1. The molecule has 3 aromatic rings. The molecule has 0 aliphatic rings. The zero-order chi connectivity index (χ0) is 15.5. The van der Waals surface area contributed by atoms with Crippen LogP contribution in [0, 0.1) is 0 Å². The van der Waals surface area contributed by atoms with Gasteiger partial charge in [-0.2, -0.15) is 0 Å². The van der Waals surface area contributed by atoms with Gasteiger partial charge in [0, 0.05) is 24.4 Å². The van der Waals surface area contributed by atoms with Gasteiger partial charge in [0.05, 0.1) is 15.7 Å². The first-order chi connectivity index (χ1) is 10.7. The highest BCUT2D eigenvalue weighted by atomic mass is 35.5. The Labute approximate surface area is 137 Å². The van der Waals surface area contributed by atoms with Crippen molar-refractivity contribution < 1.29 is 4.79 Å². The Morgan fingerprint density at radius 1 is 1.18 bits per heavy atom. The van der Waals surface area contributed by atoms with Crippen LogP contribution < -0.4 is 0 Å². The smallest absolute Gasteiger partial charge is 0.150 e. The first-order valence-electron chi connectivity index (χ1n) is 6.56. The fraction of sp³-hybridized carbons (Fsp3) is 0.0625. The summed E-state index contributed by atoms with van der Waals surface area (Å²) < 4.78 is 0. The molecule has 0 aliphatic heterocycles. The minimum absolute atomic E-state index is 0.520. The summed E-state index contributed by atoms with van der Waals surface area (Å²) in [5, 5.41) is 1.05. The molecule has 0 unspecified atom stereocenters. The van der Waals surface area contributed by atoms with Crippen LogP contribution in [-0.4, -0.2) is 21.2 Å². The Hall–Kier alpha value is -2.17. The molecule has 0 aliphatic carbocycles. The van der Waals surface area contributed by atoms with Crippen molar-refractivity contribution in [2.75, 3.05) is 0 Å². The number of halogens is 2. The predicted molar refractivity (Wildman–Crippen MR) is 86.5 cm³/mol. The molecule has 0 bridgehead atoms. The molecule has 0 amide bonds. The third kappa shape index (κ3) is 3.03. The summed E-state index contributed by atoms with van der Waals surface area (Å²) in [7, 11) is 0. The molecule has 1 aromatic carbocycles. The number of carbonyl (C=O) groups is 1. The zero-order valence-corrected chi connectivity index (χ0v) is 12.9. The standard InChI is InChI=1S/C16H11Cl2N3O/c17-12-3-1-2-11(16(12)18)7-15-20-8-14(21-15)13-6-10(9-22)4-5-19-13/h1-6,8-9H,7H2,(H,20,21). The van der Waals surface area contributed by atoms with E-state index in [1.54, 1.807) is 30.6 Å². The second-order valence-corrected chi connectivity index (χ2v) is 5.50. The highest BCUT2D eigenvalue weighted by Crippen LogP contribution is 2.27. The van der Waals surface area contributed by atoms with E-state index in [9.17, 15) is 4.79 Å². The fourth-order valence-electron chi connectivity index (χ4n) is 2.11. The molecule has 1 N–H and O–H groups in total. The Morgan fingerprint density at radius 2 is 2.05 bits per heavy atom. The van der Waals surface area contributed by atoms with E-state index in [1.807, 2.05) is 12.1 Å². The molecule has 0 atom stereocenters. The SMILES string of the molecule is O=Cc1ccnc(-c2c[nH]c(Cc3cccc(Cl)c3Cl)n2)c1. The molecule has 2 heterocycles. The quantitative estimate of drug-likeness (QED) is 0.729. The number of pyridine rings is 1. The Balaban J connectivity index is 1.87. The number of aromatic nitrogens is 3. The Kier molecular flexibility index (Phi) is 4.22. The first kappa shape index (κ1) is 14.8. The second kappa shape index (κ2) is 6.30. The number of aldehydes is 1. The lowest BCUT2D eigenvalue weighted by molar-refractivity contribution is 0.112. The van der Waals surface area contributed by atoms with E-state index in [0.29, 0.717) is 33.4 Å². The maximum Gasteiger partial charge on any atom is 0.150 e. The molecular formula is C16H11Cl2N3O. The van der Waals surface area contributed by atoms with Crippen LogP contribution in [0.3, 0.4) is 0 Å². The van der Waals surface area contributed by atoms with Crippen molar-refractivity contribution in [2.24, 2.45) is 0 Å². The molecule has 0 saturated heterocycles. The number of carbonyl (C=O) groups excluding carboxylic acids is 1. The molecule has 3 rings (SSSR count). The van der Waals surface area contributed by atoms with Gasteiger partial charge in [-0.05, 0) is 23.8 Å². The number of hydrogen-bond acceptors (Lipinski definition) is 3. The van der Waals surface area contributed by atoms with E-state index < -0.39 is 0 Å². The second-order valence-electron chi connectivity index (χ2n) is 4.71. The highest BCUT2D eigenvalue weighted by Gasteiger charge is 2.10. The maximum absolute atomic E-state index is 10.8. The summed E-state index contributed by atoms with van der Waals surface area (Å²) in [6, 6.07) is 8.84. The van der Waals surface area contributed by atoms with E-state index in [2.05, 4.69) is 15.0 Å². The monoisotopic (exact) mass is 331 g/mol. The maximum atomic E-state index is 10.8. The van der Waals surface area contributed by atoms with Gasteiger partial charge in [0.2, 0.25) is 0 Å². The van der Waals surface area contributed by atoms with Crippen molar-refractivity contribution >= 4 is 29.5 Å². The van der Waals surface area contributed by atoms with Crippen molar-refractivity contribution in [1.29, 1.82) is 0 Å². The molecule has 6 heteroatoms. The average Bonchev–Trinajstić information content (AvgIpc) is 3.00. The minimum Gasteiger partial charge on any atom is -0.348 e. The van der Waals surface area contributed by atoms with Gasteiger partial charge in [-0.3, -0.25) is 9.78 Å². The summed E-state index contributed by atoms with van der Waals surface area (Å²) in [6.45, 7) is 0. The third-order valence-corrected chi connectivity index (χ3v) is 4.06. The number of nitrogens with one attached hydrogen (secondary N) is 1. The lowest BCUT2D eigenvalue weighted by Crippen LogP contribution is -1.93. The molecule has 0 fully saturated rings. The summed E-state index contributed by atoms with van der Waals surface area (Å²) in [4.78, 5) is 22.6. The van der Waals surface area contributed by atoms with Crippen LogP contribution in [0.2, 0.25) is 10.0 Å². The molecule has 0 spiro atoms. The molecule has 22 heavy (non-hydrogen) atoms. The van der Waals surface area contributed by atoms with Gasteiger partial charge >= 0.3 is 0 Å². The fourth-order valence-corrected chi connectivity index (χ4v) is 2.50. The van der Waals surface area contributed by atoms with Crippen LogP contribution >= 0.6 is 23.2 Å². The number of hydrogen-bond donors (Lipinski definition) is 1. The van der Waals surface area contributed by atoms with Gasteiger partial charge in [-0.25, -0.2) is 4.98 Å². The minimum atomic E-state index is 0.520. The van der Waals surface area contributed by atoms with Crippen LogP contribution in [0.15, 0.2) is 42.7 Å².